The molecule has 37 heavy (non-hydrogen) atoms. The number of likely N-dealkylation sites (N-methyl/N-ethyl adjacent to an activating group) is 1. The summed E-state index contributed by atoms with van der Waals surface area (Å²) in [4.78, 5) is 28.7. The van der Waals surface area contributed by atoms with Crippen LogP contribution in [0.5, 0.6) is 0 Å². The van der Waals surface area contributed by atoms with Gasteiger partial charge >= 0.3 is 0 Å². The van der Waals surface area contributed by atoms with E-state index in [0.717, 1.165) is 32.5 Å². The quantitative estimate of drug-likeness (QED) is 0.310. The van der Waals surface area contributed by atoms with Crippen LogP contribution >= 0.6 is 0 Å². The number of rotatable bonds is 9. The number of nitrogens with zero attached hydrogens (tertiary/aromatic N) is 2. The fourth-order valence-corrected chi connectivity index (χ4v) is 7.70. The van der Waals surface area contributed by atoms with E-state index in [2.05, 4.69) is 66.0 Å². The van der Waals surface area contributed by atoms with Crippen molar-refractivity contribution in [2.24, 2.45) is 41.2 Å². The second-order valence-electron chi connectivity index (χ2n) is 12.9. The monoisotopic (exact) mass is 519 g/mol. The molecule has 4 aliphatic rings. The predicted octanol–water partition coefficient (Wildman–Crippen LogP) is 1.11. The molecule has 1 aliphatic carbocycles. The highest BCUT2D eigenvalue weighted by molar-refractivity contribution is 5.83. The maximum Gasteiger partial charge on any atom is 0.225 e. The number of carbonyl (C=O) groups is 2. The molecule has 6 N–H and O–H groups in total. The highest BCUT2D eigenvalue weighted by atomic mass is 16.2. The molecule has 0 bridgehead atoms. The summed E-state index contributed by atoms with van der Waals surface area (Å²) >= 11 is 0. The van der Waals surface area contributed by atoms with Crippen LogP contribution in [0.2, 0.25) is 0 Å². The van der Waals surface area contributed by atoms with Gasteiger partial charge in [-0.15, -0.1) is 0 Å². The lowest BCUT2D eigenvalue weighted by Crippen LogP contribution is -2.62. The van der Waals surface area contributed by atoms with E-state index < -0.39 is 0 Å². The Labute approximate surface area is 224 Å². The molecule has 0 radical (unpaired) electrons. The zero-order valence-corrected chi connectivity index (χ0v) is 23.8. The van der Waals surface area contributed by atoms with Crippen molar-refractivity contribution < 1.29 is 9.59 Å². The maximum absolute atomic E-state index is 13.7. The summed E-state index contributed by atoms with van der Waals surface area (Å²) in [5, 5.41) is 12.6. The van der Waals surface area contributed by atoms with Crippen LogP contribution in [0.25, 0.3) is 0 Å². The van der Waals surface area contributed by atoms with Crippen LogP contribution in [0.3, 0.4) is 0 Å². The third-order valence-electron chi connectivity index (χ3n) is 9.62. The molecule has 0 spiro atoms. The molecule has 4 rings (SSSR count). The first-order valence-electron chi connectivity index (χ1n) is 14.9. The highest BCUT2D eigenvalue weighted by Gasteiger charge is 2.49. The summed E-state index contributed by atoms with van der Waals surface area (Å²) < 4.78 is 0. The minimum atomic E-state index is -0.146. The number of hydrogen-bond donors (Lipinski definition) is 5. The molecule has 9 heteroatoms. The molecule has 0 aromatic heterocycles. The molecule has 9 atom stereocenters. The number of nitrogens with two attached hydrogens (primary N) is 1. The van der Waals surface area contributed by atoms with Crippen molar-refractivity contribution in [3.63, 3.8) is 0 Å². The Morgan fingerprint density at radius 2 is 2.00 bits per heavy atom. The zero-order valence-electron chi connectivity index (χ0n) is 23.8. The van der Waals surface area contributed by atoms with Gasteiger partial charge in [0, 0.05) is 62.7 Å². The van der Waals surface area contributed by atoms with Gasteiger partial charge in [-0.05, 0) is 77.7 Å². The molecule has 3 heterocycles. The summed E-state index contributed by atoms with van der Waals surface area (Å²) in [5.74, 6) is 1.79. The standard InChI is InChI=1S/C28H53N7O2/c1-17(2)35-26-24(15-31-35)22(27(36)30-14-23-18(3)11-19(4)32-28(23)37)13-25(33-26)21-8-6-7-20(12-21)16-34(5)10-9-29/h17-26,31,33H,6-16,29H2,1-5H3,(H,30,36)(H,32,37). The van der Waals surface area contributed by atoms with Gasteiger partial charge in [-0.25, -0.2) is 5.01 Å². The Bertz CT molecular complexity index is 780. The van der Waals surface area contributed by atoms with E-state index in [-0.39, 0.29) is 47.7 Å². The number of hydrogen-bond acceptors (Lipinski definition) is 7. The SMILES string of the molecule is CC1CC(C)C(CNC(=O)C2CC(C3CCCC(CN(C)CCN)C3)NC3C2CNN3C(C)C)C(=O)N1. The van der Waals surface area contributed by atoms with Gasteiger partial charge in [0.2, 0.25) is 11.8 Å². The molecule has 4 fully saturated rings. The third kappa shape index (κ3) is 6.85. The van der Waals surface area contributed by atoms with Crippen LogP contribution in [-0.2, 0) is 9.59 Å². The van der Waals surface area contributed by atoms with Gasteiger partial charge in [-0.3, -0.25) is 20.3 Å². The number of nitrogens with one attached hydrogen (secondary N) is 4. The van der Waals surface area contributed by atoms with Crippen LogP contribution in [0.15, 0.2) is 0 Å². The van der Waals surface area contributed by atoms with Gasteiger partial charge in [0.1, 0.15) is 0 Å². The summed E-state index contributed by atoms with van der Waals surface area (Å²) in [7, 11) is 2.18. The van der Waals surface area contributed by atoms with Crippen LogP contribution < -0.4 is 27.1 Å². The van der Waals surface area contributed by atoms with Gasteiger partial charge in [0.25, 0.3) is 0 Å². The van der Waals surface area contributed by atoms with Gasteiger partial charge < -0.3 is 21.3 Å². The van der Waals surface area contributed by atoms with E-state index in [1.54, 1.807) is 0 Å². The lowest BCUT2D eigenvalue weighted by atomic mass is 9.71. The predicted molar refractivity (Wildman–Crippen MR) is 147 cm³/mol. The minimum absolute atomic E-state index is 0.0475. The number of amides is 2. The van der Waals surface area contributed by atoms with E-state index in [1.165, 1.54) is 25.7 Å². The molecule has 9 nitrogen and oxygen atoms in total. The largest absolute Gasteiger partial charge is 0.355 e. The first-order chi connectivity index (χ1) is 17.7. The number of carbonyl (C=O) groups excluding carboxylic acids is 2. The Kier molecular flexibility index (Phi) is 9.89. The number of hydrazine groups is 1. The average Bonchev–Trinajstić information content (AvgIpc) is 3.27. The molecule has 0 aromatic carbocycles. The van der Waals surface area contributed by atoms with Crippen molar-refractivity contribution in [1.82, 2.24) is 31.3 Å². The second kappa shape index (κ2) is 12.7. The van der Waals surface area contributed by atoms with E-state index in [0.29, 0.717) is 37.0 Å². The lowest BCUT2D eigenvalue weighted by Gasteiger charge is -2.46. The lowest BCUT2D eigenvalue weighted by molar-refractivity contribution is -0.132. The Balaban J connectivity index is 1.43. The van der Waals surface area contributed by atoms with E-state index in [1.807, 2.05) is 0 Å². The van der Waals surface area contributed by atoms with Gasteiger partial charge in [-0.1, -0.05) is 13.3 Å². The molecule has 9 unspecified atom stereocenters. The Morgan fingerprint density at radius 3 is 2.70 bits per heavy atom. The van der Waals surface area contributed by atoms with Gasteiger partial charge in [-0.2, -0.15) is 0 Å². The maximum atomic E-state index is 13.7. The first-order valence-corrected chi connectivity index (χ1v) is 14.9. The van der Waals surface area contributed by atoms with Crippen molar-refractivity contribution in [2.45, 2.75) is 90.5 Å². The van der Waals surface area contributed by atoms with E-state index in [9.17, 15) is 9.59 Å². The second-order valence-corrected chi connectivity index (χ2v) is 12.9. The molecule has 3 saturated heterocycles. The summed E-state index contributed by atoms with van der Waals surface area (Å²) in [6, 6.07) is 0.891. The van der Waals surface area contributed by atoms with Gasteiger partial charge in [0.05, 0.1) is 12.1 Å². The number of piperidine rings is 2. The molecule has 1 saturated carbocycles. The molecule has 2 amide bonds. The highest BCUT2D eigenvalue weighted by Crippen LogP contribution is 2.40. The van der Waals surface area contributed by atoms with Gasteiger partial charge in [0.15, 0.2) is 0 Å². The molecule has 212 valence electrons. The third-order valence-corrected chi connectivity index (χ3v) is 9.62. The summed E-state index contributed by atoms with van der Waals surface area (Å²) in [6.45, 7) is 12.6. The van der Waals surface area contributed by atoms with Crippen LogP contribution in [-0.4, -0.2) is 85.8 Å². The molecular weight excluding hydrogens is 466 g/mol. The molecule has 0 aromatic rings. The Morgan fingerprint density at radius 1 is 1.22 bits per heavy atom. The van der Waals surface area contributed by atoms with Crippen molar-refractivity contribution in [3.8, 4) is 0 Å². The first kappa shape index (κ1) is 28.7. The average molecular weight is 520 g/mol. The minimum Gasteiger partial charge on any atom is -0.355 e. The fraction of sp³-hybridized carbons (Fsp3) is 0.929. The summed E-state index contributed by atoms with van der Waals surface area (Å²) in [6.07, 6.45) is 6.98. The van der Waals surface area contributed by atoms with Crippen molar-refractivity contribution in [3.05, 3.63) is 0 Å². The van der Waals surface area contributed by atoms with Crippen molar-refractivity contribution >= 4 is 11.8 Å². The molecular formula is C28H53N7O2. The van der Waals surface area contributed by atoms with E-state index >= 15 is 0 Å². The zero-order chi connectivity index (χ0) is 26.7. The normalized spacial score (nSPS) is 39.0. The molecule has 3 aliphatic heterocycles. The van der Waals surface area contributed by atoms with Crippen LogP contribution in [0.4, 0.5) is 0 Å². The van der Waals surface area contributed by atoms with E-state index in [4.69, 9.17) is 5.73 Å². The van der Waals surface area contributed by atoms with Crippen molar-refractivity contribution in [1.29, 1.82) is 0 Å². The fourth-order valence-electron chi connectivity index (χ4n) is 7.70. The Hall–Kier alpha value is -1.26. The van der Waals surface area contributed by atoms with Crippen LogP contribution in [0.1, 0.15) is 66.2 Å². The smallest absolute Gasteiger partial charge is 0.225 e. The summed E-state index contributed by atoms with van der Waals surface area (Å²) in [5.41, 5.74) is 9.37. The van der Waals surface area contributed by atoms with Crippen LogP contribution in [0, 0.1) is 35.5 Å². The van der Waals surface area contributed by atoms with Crippen molar-refractivity contribution in [2.75, 3.05) is 39.8 Å². The number of fused-ring (bicyclic) bond motifs is 1. The topological polar surface area (TPSA) is 115 Å².